The van der Waals surface area contributed by atoms with Gasteiger partial charge in [0.25, 0.3) is 10.2 Å². The zero-order chi connectivity index (χ0) is 18.4. The van der Waals surface area contributed by atoms with Crippen molar-refractivity contribution in [1.82, 2.24) is 18.6 Å². The first-order valence-electron chi connectivity index (χ1n) is 8.69. The highest BCUT2D eigenvalue weighted by atomic mass is 32.2. The van der Waals surface area contributed by atoms with E-state index in [2.05, 4.69) is 27.0 Å². The van der Waals surface area contributed by atoms with Crippen LogP contribution in [-0.4, -0.2) is 60.7 Å². The van der Waals surface area contributed by atoms with Crippen LogP contribution in [0.1, 0.15) is 17.7 Å². The van der Waals surface area contributed by atoms with Crippen molar-refractivity contribution < 1.29 is 8.42 Å². The first-order chi connectivity index (χ1) is 12.4. The van der Waals surface area contributed by atoms with Crippen molar-refractivity contribution in [2.75, 3.05) is 38.6 Å². The predicted molar refractivity (Wildman–Crippen MR) is 100.0 cm³/mol. The van der Waals surface area contributed by atoms with Gasteiger partial charge in [0, 0.05) is 64.3 Å². The normalized spacial score (nSPS) is 23.1. The van der Waals surface area contributed by atoms with Crippen molar-refractivity contribution in [3.63, 3.8) is 0 Å². The highest BCUT2D eigenvalue weighted by molar-refractivity contribution is 7.86. The van der Waals surface area contributed by atoms with Crippen LogP contribution in [0.5, 0.6) is 0 Å². The van der Waals surface area contributed by atoms with Gasteiger partial charge >= 0.3 is 0 Å². The maximum atomic E-state index is 12.6. The van der Waals surface area contributed by atoms with Crippen LogP contribution in [0.15, 0.2) is 42.9 Å². The molecule has 138 valence electrons. The topological polar surface area (TPSA) is 69.6 Å². The molecule has 4 heterocycles. The highest BCUT2D eigenvalue weighted by Gasteiger charge is 2.51. The third-order valence-corrected chi connectivity index (χ3v) is 7.21. The average Bonchev–Trinajstić information content (AvgIpc) is 3.20. The quantitative estimate of drug-likeness (QED) is 0.807. The van der Waals surface area contributed by atoms with Crippen LogP contribution in [0.25, 0.3) is 0 Å². The van der Waals surface area contributed by atoms with Crippen LogP contribution in [0, 0.1) is 0 Å². The van der Waals surface area contributed by atoms with Crippen LogP contribution in [0.2, 0.25) is 0 Å². The molecule has 1 spiro atoms. The molecular weight excluding hydrogens is 350 g/mol. The molecule has 0 N–H and O–H groups in total. The Labute approximate surface area is 154 Å². The average molecular weight is 373 g/mol. The number of pyridine rings is 2. The third-order valence-electron chi connectivity index (χ3n) is 5.33. The Morgan fingerprint density at radius 3 is 2.73 bits per heavy atom. The molecule has 26 heavy (non-hydrogen) atoms. The second kappa shape index (κ2) is 6.29. The molecule has 0 saturated carbocycles. The molecule has 0 unspecified atom stereocenters. The number of anilines is 1. The lowest BCUT2D eigenvalue weighted by atomic mass is 9.85. The first kappa shape index (κ1) is 17.4. The Morgan fingerprint density at radius 1 is 1.19 bits per heavy atom. The number of rotatable bonds is 4. The van der Waals surface area contributed by atoms with E-state index in [0.717, 1.165) is 36.5 Å². The molecule has 0 aliphatic carbocycles. The van der Waals surface area contributed by atoms with Crippen molar-refractivity contribution >= 4 is 15.9 Å². The summed E-state index contributed by atoms with van der Waals surface area (Å²) >= 11 is 0. The van der Waals surface area contributed by atoms with Gasteiger partial charge in [0.05, 0.1) is 11.4 Å². The fourth-order valence-electron chi connectivity index (χ4n) is 4.02. The SMILES string of the molecule is CN(C)S(=O)(=O)N1CC[C@]2(CN(Cc3cccnc3)c3cccnc32)C1. The minimum atomic E-state index is -3.41. The van der Waals surface area contributed by atoms with Crippen molar-refractivity contribution in [3.8, 4) is 0 Å². The van der Waals surface area contributed by atoms with Gasteiger partial charge in [-0.05, 0) is 30.2 Å². The molecule has 2 aliphatic heterocycles. The van der Waals surface area contributed by atoms with Gasteiger partial charge in [0.15, 0.2) is 0 Å². The Bertz CT molecular complexity index is 903. The van der Waals surface area contributed by atoms with Crippen molar-refractivity contribution in [2.24, 2.45) is 0 Å². The zero-order valence-corrected chi connectivity index (χ0v) is 15.9. The lowest BCUT2D eigenvalue weighted by Gasteiger charge is -2.26. The lowest BCUT2D eigenvalue weighted by Crippen LogP contribution is -2.42. The van der Waals surface area contributed by atoms with Gasteiger partial charge in [-0.2, -0.15) is 17.0 Å². The first-order valence-corrected chi connectivity index (χ1v) is 10.1. The number of fused-ring (bicyclic) bond motifs is 2. The van der Waals surface area contributed by atoms with Crippen LogP contribution in [0.4, 0.5) is 5.69 Å². The molecule has 1 atom stereocenters. The summed E-state index contributed by atoms with van der Waals surface area (Å²) in [5, 5.41) is 0. The molecule has 1 saturated heterocycles. The Morgan fingerprint density at radius 2 is 2.00 bits per heavy atom. The van der Waals surface area contributed by atoms with Crippen LogP contribution < -0.4 is 4.90 Å². The fraction of sp³-hybridized carbons (Fsp3) is 0.444. The smallest absolute Gasteiger partial charge is 0.281 e. The summed E-state index contributed by atoms with van der Waals surface area (Å²) in [6.45, 7) is 2.51. The summed E-state index contributed by atoms with van der Waals surface area (Å²) < 4.78 is 28.0. The standard InChI is InChI=1S/C18H23N5O2S/c1-21(2)26(24,25)23-10-7-18(14-23)13-22(12-15-5-3-8-19-11-15)16-6-4-9-20-17(16)18/h3-6,8-9,11H,7,10,12-14H2,1-2H3/t18-/m0/s1. The Hall–Kier alpha value is -2.03. The van der Waals surface area contributed by atoms with Gasteiger partial charge in [-0.3, -0.25) is 9.97 Å². The van der Waals surface area contributed by atoms with E-state index in [-0.39, 0.29) is 5.41 Å². The van der Waals surface area contributed by atoms with E-state index < -0.39 is 10.2 Å². The Kier molecular flexibility index (Phi) is 4.21. The monoisotopic (exact) mass is 373 g/mol. The van der Waals surface area contributed by atoms with Gasteiger partial charge in [0.2, 0.25) is 0 Å². The molecule has 2 aliphatic rings. The molecular formula is C18H23N5O2S. The summed E-state index contributed by atoms with van der Waals surface area (Å²) in [4.78, 5) is 11.2. The van der Waals surface area contributed by atoms with E-state index in [1.807, 2.05) is 18.3 Å². The van der Waals surface area contributed by atoms with Crippen molar-refractivity contribution in [3.05, 3.63) is 54.1 Å². The van der Waals surface area contributed by atoms with Crippen molar-refractivity contribution in [1.29, 1.82) is 0 Å². The van der Waals surface area contributed by atoms with E-state index in [0.29, 0.717) is 13.1 Å². The Balaban J connectivity index is 1.65. The molecule has 2 aromatic rings. The maximum absolute atomic E-state index is 12.6. The van der Waals surface area contributed by atoms with E-state index >= 15 is 0 Å². The molecule has 7 nitrogen and oxygen atoms in total. The molecule has 8 heteroatoms. The fourth-order valence-corrected chi connectivity index (χ4v) is 5.22. The molecule has 2 aromatic heterocycles. The maximum Gasteiger partial charge on any atom is 0.281 e. The van der Waals surface area contributed by atoms with Crippen LogP contribution in [0.3, 0.4) is 0 Å². The van der Waals surface area contributed by atoms with Crippen LogP contribution >= 0.6 is 0 Å². The zero-order valence-electron chi connectivity index (χ0n) is 15.0. The van der Waals surface area contributed by atoms with Crippen molar-refractivity contribution in [2.45, 2.75) is 18.4 Å². The largest absolute Gasteiger partial charge is 0.365 e. The summed E-state index contributed by atoms with van der Waals surface area (Å²) in [6.07, 6.45) is 6.23. The number of hydrogen-bond donors (Lipinski definition) is 0. The molecule has 0 bridgehead atoms. The molecule has 0 radical (unpaired) electrons. The summed E-state index contributed by atoms with van der Waals surface area (Å²) in [5.41, 5.74) is 3.00. The van der Waals surface area contributed by atoms with Gasteiger partial charge in [-0.25, -0.2) is 0 Å². The van der Waals surface area contributed by atoms with Crippen LogP contribution in [-0.2, 0) is 22.2 Å². The number of hydrogen-bond acceptors (Lipinski definition) is 5. The van der Waals surface area contributed by atoms with E-state index in [9.17, 15) is 8.42 Å². The molecule has 1 fully saturated rings. The van der Waals surface area contributed by atoms with Gasteiger partial charge in [-0.1, -0.05) is 6.07 Å². The highest BCUT2D eigenvalue weighted by Crippen LogP contribution is 2.46. The molecule has 0 aromatic carbocycles. The van der Waals surface area contributed by atoms with E-state index in [1.165, 1.54) is 4.31 Å². The summed E-state index contributed by atoms with van der Waals surface area (Å²) in [5.74, 6) is 0. The van der Waals surface area contributed by atoms with E-state index in [1.54, 1.807) is 30.8 Å². The minimum Gasteiger partial charge on any atom is -0.365 e. The lowest BCUT2D eigenvalue weighted by molar-refractivity contribution is 0.394. The number of aromatic nitrogens is 2. The molecule has 0 amide bonds. The number of nitrogens with zero attached hydrogens (tertiary/aromatic N) is 5. The second-order valence-electron chi connectivity index (χ2n) is 7.24. The third kappa shape index (κ3) is 2.78. The van der Waals surface area contributed by atoms with Gasteiger partial charge in [-0.15, -0.1) is 0 Å². The van der Waals surface area contributed by atoms with Gasteiger partial charge in [0.1, 0.15) is 0 Å². The second-order valence-corrected chi connectivity index (χ2v) is 9.38. The predicted octanol–water partition coefficient (Wildman–Crippen LogP) is 1.25. The summed E-state index contributed by atoms with van der Waals surface area (Å²) in [7, 11) is -0.250. The summed E-state index contributed by atoms with van der Waals surface area (Å²) in [6, 6.07) is 8.02. The van der Waals surface area contributed by atoms with Gasteiger partial charge < -0.3 is 4.90 Å². The molecule has 4 rings (SSSR count). The minimum absolute atomic E-state index is 0.248. The van der Waals surface area contributed by atoms with E-state index in [4.69, 9.17) is 0 Å².